The third kappa shape index (κ3) is 2.89. The average molecular weight is 410 g/mol. The molecule has 0 saturated carbocycles. The van der Waals surface area contributed by atoms with Crippen molar-refractivity contribution in [2.45, 2.75) is 5.92 Å². The molecule has 0 N–H and O–H groups in total. The van der Waals surface area contributed by atoms with Crippen molar-refractivity contribution in [2.24, 2.45) is 0 Å². The second-order valence-corrected chi connectivity index (χ2v) is 5.79. The minimum atomic E-state index is -2.36. The maximum Gasteiger partial charge on any atom is 0.233 e. The molecular formula is C17H5BF10. The minimum Gasteiger partial charge on any atom is -0.204 e. The van der Waals surface area contributed by atoms with Crippen molar-refractivity contribution >= 4 is 12.2 Å². The van der Waals surface area contributed by atoms with E-state index in [-0.39, 0.29) is 0 Å². The molecule has 0 nitrogen and oxygen atoms in total. The van der Waals surface area contributed by atoms with E-state index in [1.165, 1.54) is 0 Å². The number of benzene rings is 2. The Balaban J connectivity index is 2.04. The van der Waals surface area contributed by atoms with Crippen molar-refractivity contribution in [3.05, 3.63) is 87.8 Å². The van der Waals surface area contributed by atoms with E-state index in [4.69, 9.17) is 0 Å². The fourth-order valence-electron chi connectivity index (χ4n) is 2.82. The van der Waals surface area contributed by atoms with Gasteiger partial charge in [0, 0.05) is 16.9 Å². The van der Waals surface area contributed by atoms with Crippen molar-refractivity contribution in [3.63, 3.8) is 0 Å². The Morgan fingerprint density at radius 3 is 1.18 bits per heavy atom. The first kappa shape index (κ1) is 20.0. The fraction of sp³-hybridized carbons (Fsp3) is 0.0588. The zero-order valence-corrected chi connectivity index (χ0v) is 13.2. The van der Waals surface area contributed by atoms with Gasteiger partial charge in [-0.2, -0.15) is 0 Å². The Hall–Kier alpha value is -2.72. The lowest BCUT2D eigenvalue weighted by Gasteiger charge is -2.18. The molecule has 0 aromatic heterocycles. The number of rotatable bonds is 2. The second-order valence-electron chi connectivity index (χ2n) is 5.79. The highest BCUT2D eigenvalue weighted by Gasteiger charge is 2.33. The van der Waals surface area contributed by atoms with Crippen LogP contribution in [0.15, 0.2) is 24.1 Å². The maximum absolute atomic E-state index is 13.8. The topological polar surface area (TPSA) is 0 Å². The van der Waals surface area contributed by atoms with E-state index in [2.05, 4.69) is 0 Å². The van der Waals surface area contributed by atoms with E-state index < -0.39 is 81.8 Å². The van der Waals surface area contributed by atoms with Crippen LogP contribution in [-0.2, 0) is 0 Å². The molecule has 0 fully saturated rings. The van der Waals surface area contributed by atoms with Crippen LogP contribution in [-0.4, -0.2) is 6.71 Å². The standard InChI is InChI=1S/C17H5BF10/c19-8-6(9(20)13(24)16(27)12(8)23)5-1-3-18(4-2-5)7-10(21)14(25)17(28)15(26)11(7)22/h1-5H. The molecule has 0 amide bonds. The van der Waals surface area contributed by atoms with Gasteiger partial charge in [0.05, 0.1) is 0 Å². The van der Waals surface area contributed by atoms with Crippen LogP contribution in [0.25, 0.3) is 0 Å². The summed E-state index contributed by atoms with van der Waals surface area (Å²) in [5, 5.41) is 0. The summed E-state index contributed by atoms with van der Waals surface area (Å²) in [4.78, 5) is 0. The van der Waals surface area contributed by atoms with Gasteiger partial charge in [0.25, 0.3) is 0 Å². The van der Waals surface area contributed by atoms with E-state index in [0.717, 1.165) is 24.1 Å². The predicted molar refractivity (Wildman–Crippen MR) is 78.9 cm³/mol. The summed E-state index contributed by atoms with van der Waals surface area (Å²) < 4.78 is 135. The van der Waals surface area contributed by atoms with Gasteiger partial charge < -0.3 is 0 Å². The first-order valence-corrected chi connectivity index (χ1v) is 7.47. The average Bonchev–Trinajstić information content (AvgIpc) is 2.69. The highest BCUT2D eigenvalue weighted by molar-refractivity contribution is 6.82. The molecule has 0 atom stereocenters. The molecule has 0 saturated heterocycles. The number of hydrogen-bond acceptors (Lipinski definition) is 0. The van der Waals surface area contributed by atoms with Gasteiger partial charge in [0.2, 0.25) is 12.5 Å². The molecule has 2 aromatic carbocycles. The fourth-order valence-corrected chi connectivity index (χ4v) is 2.82. The van der Waals surface area contributed by atoms with E-state index in [9.17, 15) is 43.9 Å². The molecule has 0 spiro atoms. The Kier molecular flexibility index (Phi) is 5.03. The van der Waals surface area contributed by atoms with Crippen molar-refractivity contribution in [1.29, 1.82) is 0 Å². The molecular weight excluding hydrogens is 405 g/mol. The largest absolute Gasteiger partial charge is 0.233 e. The van der Waals surface area contributed by atoms with E-state index in [1.807, 2.05) is 0 Å². The summed E-state index contributed by atoms with van der Waals surface area (Å²) in [6.45, 7) is -1.53. The SMILES string of the molecule is Fc1c(F)c(F)c(B2C=CC(c3c(F)c(F)c(F)c(F)c3F)C=C2)c(F)c1F. The van der Waals surface area contributed by atoms with E-state index >= 15 is 0 Å². The van der Waals surface area contributed by atoms with Gasteiger partial charge in [-0.1, -0.05) is 12.2 Å². The molecule has 11 heteroatoms. The lowest BCUT2D eigenvalue weighted by atomic mass is 9.43. The van der Waals surface area contributed by atoms with Crippen LogP contribution in [0.3, 0.4) is 0 Å². The van der Waals surface area contributed by atoms with E-state index in [0.29, 0.717) is 0 Å². The molecule has 0 radical (unpaired) electrons. The summed E-state index contributed by atoms with van der Waals surface area (Å²) in [6.07, 6.45) is 1.64. The first-order valence-electron chi connectivity index (χ1n) is 7.47. The van der Waals surface area contributed by atoms with Gasteiger partial charge in [0.15, 0.2) is 52.4 Å². The van der Waals surface area contributed by atoms with Crippen LogP contribution in [0.2, 0.25) is 0 Å². The molecule has 3 rings (SSSR count). The normalized spacial score (nSPS) is 14.3. The molecule has 1 aliphatic heterocycles. The van der Waals surface area contributed by atoms with Crippen molar-refractivity contribution in [2.75, 3.05) is 0 Å². The Labute approximate surface area is 150 Å². The third-order valence-electron chi connectivity index (χ3n) is 4.21. The van der Waals surface area contributed by atoms with Crippen LogP contribution in [0.1, 0.15) is 11.5 Å². The Morgan fingerprint density at radius 2 is 0.786 bits per heavy atom. The van der Waals surface area contributed by atoms with Crippen LogP contribution in [0, 0.1) is 58.2 Å². The summed E-state index contributed by atoms with van der Waals surface area (Å²) >= 11 is 0. The number of hydrogen-bond donors (Lipinski definition) is 0. The highest BCUT2D eigenvalue weighted by Crippen LogP contribution is 2.32. The molecule has 1 heterocycles. The van der Waals surface area contributed by atoms with Crippen LogP contribution >= 0.6 is 0 Å². The van der Waals surface area contributed by atoms with Gasteiger partial charge in [-0.15, -0.1) is 12.0 Å². The maximum atomic E-state index is 13.8. The lowest BCUT2D eigenvalue weighted by molar-refractivity contribution is 0.370. The second kappa shape index (κ2) is 7.03. The summed E-state index contributed by atoms with van der Waals surface area (Å²) in [5.74, 6) is -21.8. The number of allylic oxidation sites excluding steroid dienone is 2. The molecule has 2 aromatic rings. The zero-order chi connectivity index (χ0) is 20.9. The lowest BCUT2D eigenvalue weighted by Crippen LogP contribution is -2.36. The minimum absolute atomic E-state index is 0.820. The number of halogens is 10. The smallest absolute Gasteiger partial charge is 0.204 e. The quantitative estimate of drug-likeness (QED) is 0.290. The monoisotopic (exact) mass is 410 g/mol. The summed E-state index contributed by atoms with van der Waals surface area (Å²) in [7, 11) is 0. The van der Waals surface area contributed by atoms with Crippen LogP contribution in [0.4, 0.5) is 43.9 Å². The Morgan fingerprint density at radius 1 is 0.464 bits per heavy atom. The van der Waals surface area contributed by atoms with Crippen LogP contribution in [0.5, 0.6) is 0 Å². The molecule has 0 bridgehead atoms. The van der Waals surface area contributed by atoms with Gasteiger partial charge in [-0.3, -0.25) is 0 Å². The van der Waals surface area contributed by atoms with Crippen molar-refractivity contribution in [1.82, 2.24) is 0 Å². The van der Waals surface area contributed by atoms with Gasteiger partial charge in [-0.25, -0.2) is 43.9 Å². The predicted octanol–water partition coefficient (Wildman–Crippen LogP) is 4.77. The summed E-state index contributed by atoms with van der Waals surface area (Å²) in [6, 6.07) is 0. The molecule has 1 aliphatic rings. The molecule has 146 valence electrons. The molecule has 0 aliphatic carbocycles. The Bertz CT molecular complexity index is 890. The van der Waals surface area contributed by atoms with Crippen molar-refractivity contribution < 1.29 is 43.9 Å². The third-order valence-corrected chi connectivity index (χ3v) is 4.21. The zero-order valence-electron chi connectivity index (χ0n) is 13.2. The highest BCUT2D eigenvalue weighted by atomic mass is 19.2. The molecule has 28 heavy (non-hydrogen) atoms. The van der Waals surface area contributed by atoms with Crippen molar-refractivity contribution in [3.8, 4) is 0 Å². The van der Waals surface area contributed by atoms with Gasteiger partial charge in [0.1, 0.15) is 0 Å². The first-order chi connectivity index (χ1) is 13.1. The summed E-state index contributed by atoms with van der Waals surface area (Å²) in [5.41, 5.74) is -2.44. The van der Waals surface area contributed by atoms with Gasteiger partial charge >= 0.3 is 0 Å². The van der Waals surface area contributed by atoms with Gasteiger partial charge in [-0.05, 0) is 0 Å². The molecule has 0 unspecified atom stereocenters. The van der Waals surface area contributed by atoms with E-state index in [1.54, 1.807) is 0 Å². The van der Waals surface area contributed by atoms with Crippen LogP contribution < -0.4 is 5.46 Å².